The first kappa shape index (κ1) is 17.6. The standard InChI is InChI=1S/C18H28N6O2/c1-4-5-20-7-11-6-12(11)15-13(25-18(2,3)26-15)8-24-10-23-14-16(19)21-9-22-17(14)24/h9-13,15,20H,4-8H2,1-3H3,(H2,19,21,22)/t11-,12?,13-,15?/m1/s1. The lowest BCUT2D eigenvalue weighted by atomic mass is 10.1. The number of hydrogen-bond acceptors (Lipinski definition) is 7. The van der Waals surface area contributed by atoms with Crippen molar-refractivity contribution in [3.8, 4) is 0 Å². The van der Waals surface area contributed by atoms with Gasteiger partial charge in [-0.3, -0.25) is 0 Å². The Balaban J connectivity index is 1.48. The minimum absolute atomic E-state index is 0.0280. The highest BCUT2D eigenvalue weighted by molar-refractivity contribution is 5.81. The summed E-state index contributed by atoms with van der Waals surface area (Å²) in [6.07, 6.45) is 5.65. The number of anilines is 1. The van der Waals surface area contributed by atoms with Crippen LogP contribution >= 0.6 is 0 Å². The Morgan fingerprint density at radius 2 is 2.15 bits per heavy atom. The molecular formula is C18H28N6O2. The smallest absolute Gasteiger partial charge is 0.165 e. The molecule has 1 saturated carbocycles. The number of fused-ring (bicyclic) bond motifs is 1. The van der Waals surface area contributed by atoms with E-state index in [-0.39, 0.29) is 12.2 Å². The minimum atomic E-state index is -0.566. The van der Waals surface area contributed by atoms with Crippen LogP contribution in [0.3, 0.4) is 0 Å². The van der Waals surface area contributed by atoms with E-state index < -0.39 is 5.79 Å². The number of nitrogens with two attached hydrogens (primary N) is 1. The SMILES string of the molecule is CCCNC[C@H]1CC1C1OC(C)(C)O[C@@H]1Cn1cnc2c(N)ncnc21. The van der Waals surface area contributed by atoms with E-state index in [9.17, 15) is 0 Å². The zero-order chi connectivity index (χ0) is 18.3. The third-order valence-electron chi connectivity index (χ3n) is 5.26. The van der Waals surface area contributed by atoms with Crippen LogP contribution in [0.15, 0.2) is 12.7 Å². The van der Waals surface area contributed by atoms with Gasteiger partial charge in [-0.2, -0.15) is 0 Å². The molecule has 0 spiro atoms. The average molecular weight is 360 g/mol. The second kappa shape index (κ2) is 6.75. The van der Waals surface area contributed by atoms with Gasteiger partial charge < -0.3 is 25.1 Å². The molecule has 0 bridgehead atoms. The van der Waals surface area contributed by atoms with Crippen molar-refractivity contribution in [2.24, 2.45) is 11.8 Å². The van der Waals surface area contributed by atoms with Crippen LogP contribution < -0.4 is 11.1 Å². The molecule has 2 aromatic heterocycles. The van der Waals surface area contributed by atoms with E-state index >= 15 is 0 Å². The highest BCUT2D eigenvalue weighted by atomic mass is 16.8. The number of hydrogen-bond donors (Lipinski definition) is 2. The zero-order valence-electron chi connectivity index (χ0n) is 15.7. The molecule has 0 aromatic carbocycles. The predicted octanol–water partition coefficient (Wildman–Crippen LogP) is 1.56. The largest absolute Gasteiger partial charge is 0.382 e. The topological polar surface area (TPSA) is 100 Å². The molecule has 3 N–H and O–H groups in total. The van der Waals surface area contributed by atoms with Crippen LogP contribution in [0.25, 0.3) is 11.2 Å². The van der Waals surface area contributed by atoms with Crippen LogP contribution in [0, 0.1) is 11.8 Å². The molecule has 2 aromatic rings. The molecule has 1 aliphatic heterocycles. The van der Waals surface area contributed by atoms with Gasteiger partial charge in [0.25, 0.3) is 0 Å². The quantitative estimate of drug-likeness (QED) is 0.723. The van der Waals surface area contributed by atoms with Crippen LogP contribution in [-0.4, -0.2) is 50.6 Å². The van der Waals surface area contributed by atoms with Gasteiger partial charge in [-0.15, -0.1) is 0 Å². The Bertz CT molecular complexity index is 776. The predicted molar refractivity (Wildman–Crippen MR) is 98.3 cm³/mol. The Morgan fingerprint density at radius 1 is 1.31 bits per heavy atom. The molecule has 2 fully saturated rings. The van der Waals surface area contributed by atoms with Gasteiger partial charge in [0.1, 0.15) is 17.9 Å². The molecule has 26 heavy (non-hydrogen) atoms. The van der Waals surface area contributed by atoms with Crippen LogP contribution in [-0.2, 0) is 16.0 Å². The van der Waals surface area contributed by atoms with Crippen LogP contribution in [0.1, 0.15) is 33.6 Å². The first-order valence-electron chi connectivity index (χ1n) is 9.46. The minimum Gasteiger partial charge on any atom is -0.382 e. The van der Waals surface area contributed by atoms with Crippen LogP contribution in [0.5, 0.6) is 0 Å². The molecule has 2 unspecified atom stereocenters. The van der Waals surface area contributed by atoms with Crippen molar-refractivity contribution in [1.82, 2.24) is 24.8 Å². The third-order valence-corrected chi connectivity index (χ3v) is 5.26. The van der Waals surface area contributed by atoms with Crippen molar-refractivity contribution in [2.75, 3.05) is 18.8 Å². The fourth-order valence-corrected chi connectivity index (χ4v) is 3.97. The lowest BCUT2D eigenvalue weighted by Crippen LogP contribution is -2.31. The highest BCUT2D eigenvalue weighted by Crippen LogP contribution is 2.48. The van der Waals surface area contributed by atoms with E-state index in [4.69, 9.17) is 15.2 Å². The molecule has 142 valence electrons. The molecule has 0 radical (unpaired) electrons. The second-order valence-electron chi connectivity index (χ2n) is 7.83. The molecule has 1 aliphatic carbocycles. The monoisotopic (exact) mass is 360 g/mol. The van der Waals surface area contributed by atoms with Crippen molar-refractivity contribution in [3.05, 3.63) is 12.7 Å². The van der Waals surface area contributed by atoms with Gasteiger partial charge in [0, 0.05) is 0 Å². The van der Waals surface area contributed by atoms with Crippen molar-refractivity contribution < 1.29 is 9.47 Å². The zero-order valence-corrected chi connectivity index (χ0v) is 15.7. The summed E-state index contributed by atoms with van der Waals surface area (Å²) in [7, 11) is 0. The highest BCUT2D eigenvalue weighted by Gasteiger charge is 2.53. The molecular weight excluding hydrogens is 332 g/mol. The second-order valence-corrected chi connectivity index (χ2v) is 7.83. The molecule has 8 heteroatoms. The third kappa shape index (κ3) is 3.41. The normalized spacial score (nSPS) is 30.1. The Labute approximate surface area is 153 Å². The van der Waals surface area contributed by atoms with Gasteiger partial charge in [0.2, 0.25) is 0 Å². The summed E-state index contributed by atoms with van der Waals surface area (Å²) in [6.45, 7) is 8.94. The maximum absolute atomic E-state index is 6.27. The maximum Gasteiger partial charge on any atom is 0.165 e. The Morgan fingerprint density at radius 3 is 2.96 bits per heavy atom. The lowest BCUT2D eigenvalue weighted by Gasteiger charge is -2.18. The summed E-state index contributed by atoms with van der Waals surface area (Å²) in [4.78, 5) is 12.7. The van der Waals surface area contributed by atoms with E-state index in [1.807, 2.05) is 18.4 Å². The van der Waals surface area contributed by atoms with Crippen molar-refractivity contribution in [2.45, 2.75) is 58.2 Å². The van der Waals surface area contributed by atoms with Crippen molar-refractivity contribution in [1.29, 1.82) is 0 Å². The number of ether oxygens (including phenoxy) is 2. The number of nitrogens with one attached hydrogen (secondary N) is 1. The van der Waals surface area contributed by atoms with E-state index in [0.717, 1.165) is 25.2 Å². The number of rotatable bonds is 7. The summed E-state index contributed by atoms with van der Waals surface area (Å²) in [5.74, 6) is 1.05. The Hall–Kier alpha value is -1.77. The van der Waals surface area contributed by atoms with Crippen molar-refractivity contribution in [3.63, 3.8) is 0 Å². The molecule has 0 amide bonds. The molecule has 1 saturated heterocycles. The molecule has 4 rings (SSSR count). The maximum atomic E-state index is 6.27. The summed E-state index contributed by atoms with van der Waals surface area (Å²) in [5, 5.41) is 3.52. The van der Waals surface area contributed by atoms with Gasteiger partial charge >= 0.3 is 0 Å². The van der Waals surface area contributed by atoms with Gasteiger partial charge in [-0.25, -0.2) is 15.0 Å². The molecule has 2 aliphatic rings. The molecule has 8 nitrogen and oxygen atoms in total. The van der Waals surface area contributed by atoms with Crippen LogP contribution in [0.2, 0.25) is 0 Å². The van der Waals surface area contributed by atoms with Crippen molar-refractivity contribution >= 4 is 17.0 Å². The number of imidazole rings is 1. The van der Waals surface area contributed by atoms with Gasteiger partial charge in [0.15, 0.2) is 17.3 Å². The number of nitrogens with zero attached hydrogens (tertiary/aromatic N) is 4. The van der Waals surface area contributed by atoms with Gasteiger partial charge in [-0.05, 0) is 51.6 Å². The van der Waals surface area contributed by atoms with Gasteiger partial charge in [0.05, 0.1) is 19.0 Å². The summed E-state index contributed by atoms with van der Waals surface area (Å²) >= 11 is 0. The van der Waals surface area contributed by atoms with Gasteiger partial charge in [-0.1, -0.05) is 6.92 Å². The summed E-state index contributed by atoms with van der Waals surface area (Å²) < 4.78 is 14.5. The van der Waals surface area contributed by atoms with E-state index in [0.29, 0.717) is 29.7 Å². The summed E-state index contributed by atoms with van der Waals surface area (Å²) in [5.41, 5.74) is 7.26. The average Bonchev–Trinajstić information content (AvgIpc) is 3.13. The number of aromatic nitrogens is 4. The Kier molecular flexibility index (Phi) is 4.58. The first-order chi connectivity index (χ1) is 12.5. The first-order valence-corrected chi connectivity index (χ1v) is 9.46. The molecule has 4 atom stereocenters. The fraction of sp³-hybridized carbons (Fsp3) is 0.722. The fourth-order valence-electron chi connectivity index (χ4n) is 3.97. The van der Waals surface area contributed by atoms with E-state index in [2.05, 4.69) is 27.2 Å². The molecule has 3 heterocycles. The lowest BCUT2D eigenvalue weighted by molar-refractivity contribution is -0.148. The van der Waals surface area contributed by atoms with E-state index in [1.165, 1.54) is 12.7 Å². The van der Waals surface area contributed by atoms with E-state index in [1.54, 1.807) is 6.33 Å². The van der Waals surface area contributed by atoms with Crippen LogP contribution in [0.4, 0.5) is 5.82 Å². The number of nitrogen functional groups attached to an aromatic ring is 1. The summed E-state index contributed by atoms with van der Waals surface area (Å²) in [6, 6.07) is 0.